The molecule has 170 valence electrons. The van der Waals surface area contributed by atoms with Gasteiger partial charge in [-0.25, -0.2) is 18.3 Å². The van der Waals surface area contributed by atoms with Crippen LogP contribution in [0.4, 0.5) is 8.78 Å². The normalized spacial score (nSPS) is 15.7. The number of H-pyrrole nitrogens is 1. The number of fused-ring (bicyclic) bond motifs is 2. The highest BCUT2D eigenvalue weighted by Crippen LogP contribution is 2.35. The molecule has 0 spiro atoms. The van der Waals surface area contributed by atoms with Crippen molar-refractivity contribution in [3.05, 3.63) is 83.7 Å². The molecule has 1 aliphatic heterocycles. The quantitative estimate of drug-likeness (QED) is 0.436. The Balaban J connectivity index is 1.42. The van der Waals surface area contributed by atoms with Crippen molar-refractivity contribution in [2.45, 2.75) is 18.9 Å². The fourth-order valence-electron chi connectivity index (χ4n) is 4.18. The largest absolute Gasteiger partial charge is 0.411 e. The van der Waals surface area contributed by atoms with E-state index >= 15 is 0 Å². The van der Waals surface area contributed by atoms with Crippen LogP contribution in [-0.2, 0) is 6.42 Å². The maximum atomic E-state index is 13.5. The van der Waals surface area contributed by atoms with Gasteiger partial charge in [0.15, 0.2) is 0 Å². The Morgan fingerprint density at radius 1 is 1.15 bits per heavy atom. The van der Waals surface area contributed by atoms with Crippen molar-refractivity contribution in [3.8, 4) is 11.6 Å². The number of amides is 1. The van der Waals surface area contributed by atoms with Crippen LogP contribution in [-0.4, -0.2) is 52.1 Å². The number of pyridine rings is 2. The number of hydrogen-bond acceptors (Lipinski definition) is 7. The molecule has 0 saturated heterocycles. The molecular weight excluding hydrogens is 446 g/mol. The molecule has 6 rings (SSSR count). The van der Waals surface area contributed by atoms with Gasteiger partial charge in [-0.1, -0.05) is 12.1 Å². The number of carbonyl (C=O) groups is 1. The number of halogens is 2. The minimum absolute atomic E-state index is 0.118. The molecule has 5 aromatic rings. The number of aromatic nitrogens is 7. The molecule has 34 heavy (non-hydrogen) atoms. The van der Waals surface area contributed by atoms with Crippen LogP contribution >= 0.6 is 0 Å². The lowest BCUT2D eigenvalue weighted by molar-refractivity contribution is 0.0646. The molecule has 0 fully saturated rings. The molecule has 0 saturated carbocycles. The fourth-order valence-corrected chi connectivity index (χ4v) is 4.18. The van der Waals surface area contributed by atoms with Gasteiger partial charge in [0.25, 0.3) is 12.3 Å². The third kappa shape index (κ3) is 3.22. The van der Waals surface area contributed by atoms with Gasteiger partial charge in [-0.3, -0.25) is 9.78 Å². The Morgan fingerprint density at radius 3 is 2.88 bits per heavy atom. The first-order valence-electron chi connectivity index (χ1n) is 10.4. The zero-order valence-corrected chi connectivity index (χ0v) is 17.5. The van der Waals surface area contributed by atoms with Gasteiger partial charge in [0.1, 0.15) is 17.4 Å². The van der Waals surface area contributed by atoms with E-state index in [0.29, 0.717) is 35.6 Å². The molecule has 1 amide bonds. The molecule has 0 aromatic carbocycles. The third-order valence-corrected chi connectivity index (χ3v) is 5.72. The first-order chi connectivity index (χ1) is 16.6. The van der Waals surface area contributed by atoms with E-state index in [0.717, 1.165) is 5.69 Å². The zero-order valence-electron chi connectivity index (χ0n) is 17.5. The van der Waals surface area contributed by atoms with E-state index < -0.39 is 18.4 Å². The zero-order chi connectivity index (χ0) is 23.2. The molecule has 10 nitrogen and oxygen atoms in total. The van der Waals surface area contributed by atoms with E-state index in [1.165, 1.54) is 21.8 Å². The van der Waals surface area contributed by atoms with Crippen LogP contribution in [0.2, 0.25) is 0 Å². The van der Waals surface area contributed by atoms with Gasteiger partial charge in [0.05, 0.1) is 23.2 Å². The summed E-state index contributed by atoms with van der Waals surface area (Å²) in [5, 5.41) is 12.3. The highest BCUT2D eigenvalue weighted by atomic mass is 19.3. The summed E-state index contributed by atoms with van der Waals surface area (Å²) in [5.41, 5.74) is 2.53. The van der Waals surface area contributed by atoms with Gasteiger partial charge in [0.2, 0.25) is 0 Å². The van der Waals surface area contributed by atoms with Crippen molar-refractivity contribution < 1.29 is 18.0 Å². The summed E-state index contributed by atoms with van der Waals surface area (Å²) in [5.74, 6) is -0.603. The second kappa shape index (κ2) is 7.83. The van der Waals surface area contributed by atoms with Gasteiger partial charge in [-0.2, -0.15) is 5.10 Å². The summed E-state index contributed by atoms with van der Waals surface area (Å²) in [6, 6.07) is 10.7. The predicted octanol–water partition coefficient (Wildman–Crippen LogP) is 3.23. The average molecular weight is 462 g/mol. The van der Waals surface area contributed by atoms with E-state index in [1.807, 2.05) is 0 Å². The van der Waals surface area contributed by atoms with E-state index in [-0.39, 0.29) is 17.5 Å². The van der Waals surface area contributed by atoms with Crippen molar-refractivity contribution in [1.29, 1.82) is 0 Å². The molecule has 0 radical (unpaired) electrons. The minimum atomic E-state index is -2.70. The molecule has 6 heterocycles. The Labute approximate surface area is 190 Å². The maximum absolute atomic E-state index is 13.5. The predicted molar refractivity (Wildman–Crippen MR) is 113 cm³/mol. The lowest BCUT2D eigenvalue weighted by Gasteiger charge is -2.32. The second-order valence-corrected chi connectivity index (χ2v) is 7.70. The minimum Gasteiger partial charge on any atom is -0.411 e. The molecule has 0 aliphatic carbocycles. The van der Waals surface area contributed by atoms with Crippen LogP contribution in [0.15, 0.2) is 59.4 Å². The van der Waals surface area contributed by atoms with Crippen LogP contribution < -0.4 is 0 Å². The average Bonchev–Trinajstić information content (AvgIpc) is 3.62. The highest BCUT2D eigenvalue weighted by Gasteiger charge is 2.38. The number of imidazole rings is 1. The first-order valence-corrected chi connectivity index (χ1v) is 10.4. The third-order valence-electron chi connectivity index (χ3n) is 5.72. The molecule has 1 N–H and O–H groups in total. The van der Waals surface area contributed by atoms with Gasteiger partial charge >= 0.3 is 11.8 Å². The Morgan fingerprint density at radius 2 is 2.06 bits per heavy atom. The molecule has 0 bridgehead atoms. The van der Waals surface area contributed by atoms with Gasteiger partial charge in [-0.05, 0) is 30.3 Å². The van der Waals surface area contributed by atoms with E-state index in [9.17, 15) is 13.6 Å². The molecule has 1 unspecified atom stereocenters. The monoisotopic (exact) mass is 462 g/mol. The van der Waals surface area contributed by atoms with Crippen molar-refractivity contribution in [1.82, 2.24) is 39.7 Å². The number of nitrogens with one attached hydrogen (secondary N) is 1. The number of alkyl halides is 2. The summed E-state index contributed by atoms with van der Waals surface area (Å²) in [6.45, 7) is 0.315. The Kier molecular flexibility index (Phi) is 4.64. The molecular formula is C22H16F2N8O2. The van der Waals surface area contributed by atoms with Crippen molar-refractivity contribution in [2.75, 3.05) is 6.54 Å². The van der Waals surface area contributed by atoms with Crippen LogP contribution in [0.3, 0.4) is 0 Å². The standard InChI is InChI=1S/C22H16F2N8O2/c23-19(24)16-6-3-4-12-10-15(30-32(12)16)18-17-13(26-11-27-17)7-9-31(18)22(33)21-29-28-20(34-21)14-5-1-2-8-25-14/h1-6,8,10-11,18-19H,7,9H2,(H,26,27). The Hall–Kier alpha value is -4.48. The Bertz CT molecular complexity index is 1490. The number of rotatable bonds is 4. The summed E-state index contributed by atoms with van der Waals surface area (Å²) in [4.78, 5) is 26.6. The maximum Gasteiger partial charge on any atom is 0.312 e. The van der Waals surface area contributed by atoms with E-state index in [1.54, 1.807) is 42.6 Å². The summed E-state index contributed by atoms with van der Waals surface area (Å²) in [7, 11) is 0. The van der Waals surface area contributed by atoms with E-state index in [2.05, 4.69) is 30.2 Å². The highest BCUT2D eigenvalue weighted by molar-refractivity contribution is 5.90. The van der Waals surface area contributed by atoms with Gasteiger partial charge in [0, 0.05) is 24.9 Å². The SMILES string of the molecule is O=C(c1nnc(-c2ccccn2)o1)N1CCc2[nH]cnc2C1c1cc2cccc(C(F)F)n2n1. The molecule has 12 heteroatoms. The topological polar surface area (TPSA) is 118 Å². The number of hydrogen-bond donors (Lipinski definition) is 1. The van der Waals surface area contributed by atoms with Crippen molar-refractivity contribution in [3.63, 3.8) is 0 Å². The van der Waals surface area contributed by atoms with Gasteiger partial charge in [-0.15, -0.1) is 10.2 Å². The van der Waals surface area contributed by atoms with Gasteiger partial charge < -0.3 is 14.3 Å². The molecule has 5 aromatic heterocycles. The van der Waals surface area contributed by atoms with Crippen LogP contribution in [0.25, 0.3) is 17.1 Å². The fraction of sp³-hybridized carbons (Fsp3) is 0.182. The lowest BCUT2D eigenvalue weighted by Crippen LogP contribution is -2.41. The smallest absolute Gasteiger partial charge is 0.312 e. The lowest BCUT2D eigenvalue weighted by atomic mass is 9.99. The summed E-state index contributed by atoms with van der Waals surface area (Å²) < 4.78 is 33.9. The van der Waals surface area contributed by atoms with Crippen LogP contribution in [0.1, 0.15) is 45.9 Å². The van der Waals surface area contributed by atoms with Crippen molar-refractivity contribution in [2.24, 2.45) is 0 Å². The second-order valence-electron chi connectivity index (χ2n) is 7.70. The van der Waals surface area contributed by atoms with Crippen LogP contribution in [0.5, 0.6) is 0 Å². The van der Waals surface area contributed by atoms with Crippen molar-refractivity contribution >= 4 is 11.4 Å². The summed E-state index contributed by atoms with van der Waals surface area (Å²) in [6.07, 6.45) is 0.939. The summed E-state index contributed by atoms with van der Waals surface area (Å²) >= 11 is 0. The van der Waals surface area contributed by atoms with E-state index in [4.69, 9.17) is 4.42 Å². The molecule has 1 atom stereocenters. The van der Waals surface area contributed by atoms with Crippen LogP contribution in [0, 0.1) is 0 Å². The number of nitrogens with zero attached hydrogens (tertiary/aromatic N) is 7. The molecule has 1 aliphatic rings. The first kappa shape index (κ1) is 20.1. The number of carbonyl (C=O) groups excluding carboxylic acids is 1. The number of aromatic amines is 1.